The van der Waals surface area contributed by atoms with Gasteiger partial charge in [-0.2, -0.15) is 0 Å². The Hall–Kier alpha value is -1.30. The second-order valence-electron chi connectivity index (χ2n) is 5.29. The topological polar surface area (TPSA) is 0 Å². The molecule has 0 unspecified atom stereocenters. The predicted molar refractivity (Wildman–Crippen MR) is 73.2 cm³/mol. The average Bonchev–Trinajstić information content (AvgIpc) is 2.28. The normalized spacial score (nSPS) is 17.8. The van der Waals surface area contributed by atoms with Crippen LogP contribution in [0.1, 0.15) is 36.0 Å². The summed E-state index contributed by atoms with van der Waals surface area (Å²) in [5.41, 5.74) is 1.80. The van der Waals surface area contributed by atoms with Crippen LogP contribution < -0.4 is 0 Å². The fourth-order valence-electron chi connectivity index (χ4n) is 1.24. The molecule has 0 nitrogen and oxygen atoms in total. The van der Waals surface area contributed by atoms with E-state index >= 15 is 0 Å². The Morgan fingerprint density at radius 1 is 1.44 bits per heavy atom. The van der Waals surface area contributed by atoms with E-state index in [9.17, 15) is 0 Å². The first kappa shape index (κ1) is 9.89. The Balaban J connectivity index is 2.99. The molecular formula is C16H22. The second-order valence-corrected chi connectivity index (χ2v) is 5.29. The van der Waals surface area contributed by atoms with Gasteiger partial charge in [-0.1, -0.05) is 76.7 Å². The molecule has 1 atom stereocenters. The molecule has 0 fully saturated rings. The Labute approximate surface area is 103 Å². The minimum Gasteiger partial charge on any atom is -0.0912 e. The zero-order valence-corrected chi connectivity index (χ0v) is 10.6. The molecular weight excluding hydrogens is 192 g/mol. The maximum atomic E-state index is 7.57. The van der Waals surface area contributed by atoms with Crippen molar-refractivity contribution in [2.45, 2.75) is 27.7 Å². The van der Waals surface area contributed by atoms with Gasteiger partial charge in [-0.25, -0.2) is 0 Å². The highest BCUT2D eigenvalue weighted by atomic mass is 14.2. The lowest BCUT2D eigenvalue weighted by Gasteiger charge is -2.24. The Morgan fingerprint density at radius 2 is 2.06 bits per heavy atom. The maximum absolute atomic E-state index is 7.57. The van der Waals surface area contributed by atoms with Crippen molar-refractivity contribution in [3.63, 3.8) is 0 Å². The lowest BCUT2D eigenvalue weighted by Crippen LogP contribution is -2.14. The van der Waals surface area contributed by atoms with E-state index in [0.29, 0.717) is 11.5 Å². The largest absolute Gasteiger partial charge is 0.0912 e. The predicted octanol–water partition coefficient (Wildman–Crippen LogP) is 4.94. The molecule has 0 spiro atoms. The monoisotopic (exact) mass is 217 g/mol. The van der Waals surface area contributed by atoms with Gasteiger partial charge >= 0.3 is 0 Å². The van der Waals surface area contributed by atoms with Gasteiger partial charge in [0.05, 0.1) is 2.74 Å². The minimum atomic E-state index is -0.140. The van der Waals surface area contributed by atoms with Gasteiger partial charge in [0.15, 0.2) is 0 Å². The zero-order valence-electron chi connectivity index (χ0n) is 12.6. The standard InChI is InChI=1S/C16H22/c1-13(15-9-7-6-8-10-15)11-12-14(2)16(3,4)5/h6-12,14H,1H2,2-5H3/b12-11+/t14-/m0/s1/i1TD/b12-11+,13-1?. The third kappa shape index (κ3) is 3.69. The smallest absolute Gasteiger partial charge is 0.0544 e. The first-order valence-corrected chi connectivity index (χ1v) is 5.73. The van der Waals surface area contributed by atoms with Gasteiger partial charge in [-0.3, -0.25) is 0 Å². The van der Waals surface area contributed by atoms with Crippen molar-refractivity contribution in [1.82, 2.24) is 0 Å². The first-order valence-electron chi connectivity index (χ1n) is 6.73. The molecule has 16 heavy (non-hydrogen) atoms. The molecule has 86 valence electrons. The third-order valence-electron chi connectivity index (χ3n) is 3.00. The van der Waals surface area contributed by atoms with Crippen molar-refractivity contribution < 1.29 is 2.74 Å². The molecule has 0 aliphatic carbocycles. The molecule has 0 heteroatoms. The summed E-state index contributed by atoms with van der Waals surface area (Å²) >= 11 is 0. The van der Waals surface area contributed by atoms with Crippen LogP contribution >= 0.6 is 0 Å². The number of hydrogen-bond acceptors (Lipinski definition) is 0. The van der Waals surface area contributed by atoms with E-state index in [-0.39, 0.29) is 11.9 Å². The highest BCUT2D eigenvalue weighted by Crippen LogP contribution is 2.27. The number of allylic oxidation sites excluding steroid dienone is 3. The highest BCUT2D eigenvalue weighted by molar-refractivity contribution is 5.71. The van der Waals surface area contributed by atoms with E-state index in [1.54, 1.807) is 0 Å². The molecule has 0 radical (unpaired) electrons. The summed E-state index contributed by atoms with van der Waals surface area (Å²) in [7, 11) is 0. The SMILES string of the molecule is [2H]C([3H])=C(/C=C/[C@H](C)C(C)(C)C)c1ccccc1. The molecule has 0 bridgehead atoms. The van der Waals surface area contributed by atoms with Crippen molar-refractivity contribution in [3.8, 4) is 0 Å². The molecule has 0 aromatic heterocycles. The van der Waals surface area contributed by atoms with Crippen LogP contribution in [0.25, 0.3) is 5.57 Å². The van der Waals surface area contributed by atoms with E-state index in [2.05, 4.69) is 33.8 Å². The Kier molecular flexibility index (Phi) is 3.19. The van der Waals surface area contributed by atoms with Crippen molar-refractivity contribution >= 4 is 5.57 Å². The van der Waals surface area contributed by atoms with E-state index in [4.69, 9.17) is 2.74 Å². The molecule has 0 heterocycles. The van der Waals surface area contributed by atoms with Gasteiger partial charge in [0.1, 0.15) is 0 Å². The summed E-state index contributed by atoms with van der Waals surface area (Å²) in [5.74, 6) is 0.399. The fraction of sp³-hybridized carbons (Fsp3) is 0.375. The van der Waals surface area contributed by atoms with E-state index in [1.165, 1.54) is 0 Å². The van der Waals surface area contributed by atoms with Gasteiger partial charge in [-0.05, 0) is 22.5 Å². The van der Waals surface area contributed by atoms with Gasteiger partial charge < -0.3 is 0 Å². The number of rotatable bonds is 3. The Bertz CT molecular complexity index is 432. The average molecular weight is 217 g/mol. The molecule has 0 N–H and O–H groups in total. The van der Waals surface area contributed by atoms with Crippen LogP contribution in [0.3, 0.4) is 0 Å². The maximum Gasteiger partial charge on any atom is 0.0544 e. The van der Waals surface area contributed by atoms with Gasteiger partial charge in [0, 0.05) is 0 Å². The van der Waals surface area contributed by atoms with Crippen LogP contribution in [0, 0.1) is 11.3 Å². The quantitative estimate of drug-likeness (QED) is 0.629. The van der Waals surface area contributed by atoms with Crippen molar-refractivity contribution in [2.75, 3.05) is 0 Å². The van der Waals surface area contributed by atoms with Crippen LogP contribution in [0.2, 0.25) is 0 Å². The molecule has 0 amide bonds. The third-order valence-corrected chi connectivity index (χ3v) is 3.00. The molecule has 0 saturated heterocycles. The first-order chi connectivity index (χ1) is 8.32. The molecule has 1 rings (SSSR count). The van der Waals surface area contributed by atoms with Crippen molar-refractivity contribution in [3.05, 3.63) is 54.6 Å². The number of benzene rings is 1. The van der Waals surface area contributed by atoms with Gasteiger partial charge in [-0.15, -0.1) is 0 Å². The minimum absolute atomic E-state index is 0.140. The summed E-state index contributed by atoms with van der Waals surface area (Å²) in [6.45, 7) is 8.59. The fourth-order valence-corrected chi connectivity index (χ4v) is 1.24. The lowest BCUT2D eigenvalue weighted by molar-refractivity contribution is 0.314. The summed E-state index contributed by atoms with van der Waals surface area (Å²) in [5, 5.41) is 0. The van der Waals surface area contributed by atoms with Crippen LogP contribution in [-0.4, -0.2) is 0 Å². The molecule has 0 aliphatic heterocycles. The van der Waals surface area contributed by atoms with Crippen LogP contribution in [0.4, 0.5) is 0 Å². The van der Waals surface area contributed by atoms with Crippen LogP contribution in [0.15, 0.2) is 49.0 Å². The molecule has 0 aliphatic rings. The molecule has 1 aromatic rings. The summed E-state index contributed by atoms with van der Waals surface area (Å²) in [6.07, 6.45) is 3.99. The van der Waals surface area contributed by atoms with Crippen molar-refractivity contribution in [1.29, 1.82) is 0 Å². The van der Waals surface area contributed by atoms with Gasteiger partial charge in [0.2, 0.25) is 0 Å². The van der Waals surface area contributed by atoms with Crippen molar-refractivity contribution in [2.24, 2.45) is 11.3 Å². The van der Waals surface area contributed by atoms with E-state index < -0.39 is 0 Å². The van der Waals surface area contributed by atoms with E-state index in [1.807, 2.05) is 36.4 Å². The van der Waals surface area contributed by atoms with Gasteiger partial charge in [0.25, 0.3) is 0 Å². The van der Waals surface area contributed by atoms with E-state index in [0.717, 1.165) is 5.56 Å². The zero-order chi connectivity index (χ0) is 13.8. The highest BCUT2D eigenvalue weighted by Gasteiger charge is 2.16. The molecule has 1 aromatic carbocycles. The van der Waals surface area contributed by atoms with Crippen LogP contribution in [0.5, 0.6) is 0 Å². The van der Waals surface area contributed by atoms with Crippen LogP contribution in [-0.2, 0) is 0 Å². The lowest BCUT2D eigenvalue weighted by atomic mass is 9.81. The Morgan fingerprint density at radius 3 is 2.56 bits per heavy atom. The summed E-state index contributed by atoms with van der Waals surface area (Å²) in [4.78, 5) is 0. The number of hydrogen-bond donors (Lipinski definition) is 0. The second kappa shape index (κ2) is 5.16. The summed E-state index contributed by atoms with van der Waals surface area (Å²) in [6, 6.07) is 9.67. The molecule has 0 saturated carbocycles. The summed E-state index contributed by atoms with van der Waals surface area (Å²) < 4.78 is 15.1.